The molecular weight excluding hydrogens is 536 g/mol. The average molecular weight is 555 g/mol. The highest BCUT2D eigenvalue weighted by atomic mass is 19.4. The van der Waals surface area contributed by atoms with Crippen LogP contribution < -0.4 is 15.4 Å². The van der Waals surface area contributed by atoms with E-state index in [4.69, 9.17) is 19.9 Å². The quantitative estimate of drug-likeness (QED) is 0.420. The van der Waals surface area contributed by atoms with Crippen LogP contribution in [0.2, 0.25) is 0 Å². The van der Waals surface area contributed by atoms with Crippen molar-refractivity contribution in [2.45, 2.75) is 18.3 Å². The normalized spacial score (nSPS) is 16.1. The molecule has 14 heteroatoms. The fourth-order valence-electron chi connectivity index (χ4n) is 4.12. The highest BCUT2D eigenvalue weighted by Gasteiger charge is 2.48. The lowest BCUT2D eigenvalue weighted by Crippen LogP contribution is -2.41. The van der Waals surface area contributed by atoms with Crippen molar-refractivity contribution in [2.75, 3.05) is 26.2 Å². The Bertz CT molecular complexity index is 1410. The number of nitrogens with zero attached hydrogens (tertiary/aromatic N) is 2. The van der Waals surface area contributed by atoms with E-state index in [1.54, 1.807) is 12.1 Å². The van der Waals surface area contributed by atoms with Gasteiger partial charge >= 0.3 is 24.3 Å². The molecule has 0 saturated carbocycles. The number of carbonyl (C=O) groups excluding carboxylic acids is 2. The second-order valence-corrected chi connectivity index (χ2v) is 7.91. The van der Waals surface area contributed by atoms with E-state index in [0.29, 0.717) is 4.90 Å². The van der Waals surface area contributed by atoms with Crippen molar-refractivity contribution in [1.29, 1.82) is 5.26 Å². The van der Waals surface area contributed by atoms with E-state index in [9.17, 15) is 41.2 Å². The zero-order valence-electron chi connectivity index (χ0n) is 20.4. The molecule has 1 atom stereocenters. The smallest absolute Gasteiger partial charge is 0.418 e. The van der Waals surface area contributed by atoms with Crippen molar-refractivity contribution in [3.05, 3.63) is 81.8 Å². The predicted octanol–water partition coefficient (Wildman–Crippen LogP) is 4.63. The number of methoxy groups -OCH3 is 3. The number of benzene rings is 2. The van der Waals surface area contributed by atoms with Crippen LogP contribution in [0, 0.1) is 11.3 Å². The minimum absolute atomic E-state index is 0.201. The molecule has 0 aliphatic carbocycles. The monoisotopic (exact) mass is 555 g/mol. The Balaban J connectivity index is 2.59. The number of allylic oxidation sites excluding steroid dienone is 1. The summed E-state index contributed by atoms with van der Waals surface area (Å²) in [7, 11) is 2.57. The van der Waals surface area contributed by atoms with Crippen LogP contribution in [0.15, 0.2) is 65.1 Å². The second kappa shape index (κ2) is 10.6. The van der Waals surface area contributed by atoms with E-state index < -0.39 is 75.4 Å². The Morgan fingerprint density at radius 2 is 1.54 bits per heavy atom. The number of nitrogens with two attached hydrogens (primary N) is 1. The summed E-state index contributed by atoms with van der Waals surface area (Å²) in [5.74, 6) is -5.85. The minimum atomic E-state index is -5.46. The van der Waals surface area contributed by atoms with Gasteiger partial charge in [0, 0.05) is 0 Å². The lowest BCUT2D eigenvalue weighted by atomic mass is 9.80. The first-order valence-electron chi connectivity index (χ1n) is 10.7. The molecule has 0 fully saturated rings. The molecule has 0 aromatic heterocycles. The summed E-state index contributed by atoms with van der Waals surface area (Å²) in [5, 5.41) is 10.0. The van der Waals surface area contributed by atoms with E-state index in [-0.39, 0.29) is 17.7 Å². The Labute approximate surface area is 217 Å². The zero-order valence-corrected chi connectivity index (χ0v) is 20.4. The molecule has 39 heavy (non-hydrogen) atoms. The van der Waals surface area contributed by atoms with E-state index >= 15 is 0 Å². The van der Waals surface area contributed by atoms with Crippen LogP contribution in [0.4, 0.5) is 32.0 Å². The number of hydrogen-bond acceptors (Lipinski definition) is 8. The summed E-state index contributed by atoms with van der Waals surface area (Å²) in [4.78, 5) is 26.5. The van der Waals surface area contributed by atoms with Crippen molar-refractivity contribution < 1.29 is 50.1 Å². The molecule has 0 amide bonds. The molecule has 0 saturated heterocycles. The second-order valence-electron chi connectivity index (χ2n) is 7.91. The van der Waals surface area contributed by atoms with Gasteiger partial charge in [-0.2, -0.15) is 31.6 Å². The van der Waals surface area contributed by atoms with Gasteiger partial charge in [0.15, 0.2) is 0 Å². The molecule has 2 aromatic carbocycles. The molecule has 1 aliphatic rings. The number of halogens is 6. The Morgan fingerprint density at radius 3 is 2.00 bits per heavy atom. The number of ether oxygens (including phenoxy) is 3. The number of alkyl halides is 6. The summed E-state index contributed by atoms with van der Waals surface area (Å²) >= 11 is 0. The van der Waals surface area contributed by atoms with Crippen LogP contribution >= 0.6 is 0 Å². The van der Waals surface area contributed by atoms with Gasteiger partial charge in [0.05, 0.1) is 55.6 Å². The zero-order chi connectivity index (χ0) is 29.3. The van der Waals surface area contributed by atoms with Gasteiger partial charge in [0.2, 0.25) is 0 Å². The summed E-state index contributed by atoms with van der Waals surface area (Å²) < 4.78 is 97.7. The van der Waals surface area contributed by atoms with Gasteiger partial charge in [-0.15, -0.1) is 0 Å². The summed E-state index contributed by atoms with van der Waals surface area (Å²) in [6.45, 7) is 0. The van der Waals surface area contributed by atoms with Gasteiger partial charge in [-0.25, -0.2) is 9.59 Å². The Morgan fingerprint density at radius 1 is 0.949 bits per heavy atom. The number of nitriles is 1. The molecule has 8 nitrogen and oxygen atoms in total. The Kier molecular flexibility index (Phi) is 7.85. The number of carbonyl (C=O) groups is 2. The van der Waals surface area contributed by atoms with Crippen molar-refractivity contribution in [1.82, 2.24) is 0 Å². The molecule has 2 aromatic rings. The Hall–Kier alpha value is -4.67. The highest BCUT2D eigenvalue weighted by Crippen LogP contribution is 2.51. The molecule has 0 spiro atoms. The molecule has 1 unspecified atom stereocenters. The fourth-order valence-corrected chi connectivity index (χ4v) is 4.12. The first kappa shape index (κ1) is 28.9. The van der Waals surface area contributed by atoms with E-state index in [1.807, 2.05) is 0 Å². The number of esters is 2. The third kappa shape index (κ3) is 5.20. The third-order valence-electron chi connectivity index (χ3n) is 5.76. The molecule has 0 bridgehead atoms. The summed E-state index contributed by atoms with van der Waals surface area (Å²) in [6.07, 6.45) is -10.7. The molecule has 3 rings (SSSR count). The maximum Gasteiger partial charge on any atom is 0.418 e. The van der Waals surface area contributed by atoms with Crippen molar-refractivity contribution in [3.8, 4) is 11.8 Å². The van der Waals surface area contributed by atoms with Crippen molar-refractivity contribution >= 4 is 17.6 Å². The van der Waals surface area contributed by atoms with Gasteiger partial charge < -0.3 is 19.9 Å². The maximum absolute atomic E-state index is 14.3. The summed E-state index contributed by atoms with van der Waals surface area (Å²) in [6, 6.07) is 9.38. The van der Waals surface area contributed by atoms with Gasteiger partial charge in [-0.3, -0.25) is 4.90 Å². The van der Waals surface area contributed by atoms with Crippen LogP contribution in [-0.4, -0.2) is 33.3 Å². The number of rotatable bonds is 5. The number of hydrogen-bond donors (Lipinski definition) is 1. The van der Waals surface area contributed by atoms with Crippen LogP contribution in [0.3, 0.4) is 0 Å². The van der Waals surface area contributed by atoms with Crippen LogP contribution in [0.25, 0.3) is 0 Å². The average Bonchev–Trinajstić information content (AvgIpc) is 2.90. The molecule has 1 aliphatic heterocycles. The molecule has 206 valence electrons. The first-order chi connectivity index (χ1) is 18.2. The largest absolute Gasteiger partial charge is 0.495 e. The van der Waals surface area contributed by atoms with Gasteiger partial charge in [0.1, 0.15) is 23.0 Å². The van der Waals surface area contributed by atoms with E-state index in [1.165, 1.54) is 24.3 Å². The van der Waals surface area contributed by atoms with Crippen LogP contribution in [-0.2, 0) is 31.4 Å². The molecule has 0 radical (unpaired) electrons. The third-order valence-corrected chi connectivity index (χ3v) is 5.76. The molecular formula is C25H19F6N3O5. The first-order valence-corrected chi connectivity index (χ1v) is 10.7. The van der Waals surface area contributed by atoms with Crippen LogP contribution in [0.1, 0.15) is 22.6 Å². The minimum Gasteiger partial charge on any atom is -0.495 e. The topological polar surface area (TPSA) is 115 Å². The SMILES string of the molecule is COC(=O)C1=C(C(=O)OC)N(c2c(OC)cc(C(F)(F)F)cc2C(F)(F)F)C(N)=C(C#N)C1c1ccccc1. The van der Waals surface area contributed by atoms with Crippen molar-refractivity contribution in [2.24, 2.45) is 5.73 Å². The maximum atomic E-state index is 14.3. The lowest BCUT2D eigenvalue weighted by molar-refractivity contribution is -0.143. The van der Waals surface area contributed by atoms with Gasteiger partial charge in [-0.1, -0.05) is 30.3 Å². The predicted molar refractivity (Wildman–Crippen MR) is 123 cm³/mol. The number of anilines is 1. The van der Waals surface area contributed by atoms with E-state index in [2.05, 4.69) is 0 Å². The summed E-state index contributed by atoms with van der Waals surface area (Å²) in [5.41, 5.74) is -0.458. The standard InChI is InChI=1S/C25H19F6N3O5/c1-37-16-10-13(24(26,27)28)9-15(25(29,30)31)19(16)34-20(23(36)39-3)18(22(35)38-2)17(14(11-32)21(34)33)12-7-5-4-6-8-12/h4-10,17H,33H2,1-3H3. The van der Waals surface area contributed by atoms with Gasteiger partial charge in [-0.05, 0) is 17.7 Å². The van der Waals surface area contributed by atoms with Crippen LogP contribution in [0.5, 0.6) is 5.75 Å². The van der Waals surface area contributed by atoms with Crippen molar-refractivity contribution in [3.63, 3.8) is 0 Å². The molecule has 2 N–H and O–H groups in total. The lowest BCUT2D eigenvalue weighted by Gasteiger charge is -2.37. The highest BCUT2D eigenvalue weighted by molar-refractivity contribution is 6.07. The van der Waals surface area contributed by atoms with E-state index in [0.717, 1.165) is 21.3 Å². The van der Waals surface area contributed by atoms with Gasteiger partial charge in [0.25, 0.3) is 0 Å². The molecule has 1 heterocycles. The fraction of sp³-hybridized carbons (Fsp3) is 0.240.